The molecule has 2 bridgehead atoms. The molecule has 382 valence electrons. The Labute approximate surface area is 420 Å². The third kappa shape index (κ3) is 11.2. The van der Waals surface area contributed by atoms with Gasteiger partial charge in [-0.3, -0.25) is 38.9 Å². The molecule has 5 amide bonds. The van der Waals surface area contributed by atoms with Crippen molar-refractivity contribution < 1.29 is 37.1 Å². The number of amides is 5. The van der Waals surface area contributed by atoms with Crippen molar-refractivity contribution in [3.8, 4) is 11.3 Å². The van der Waals surface area contributed by atoms with E-state index in [-0.39, 0.29) is 71.3 Å². The minimum atomic E-state index is -4.59. The Bertz CT molecular complexity index is 2910. The monoisotopic (exact) mass is 1000 g/mol. The molecule has 4 fully saturated rings. The number of carbonyl (C=O) groups excluding carboxylic acids is 5. The van der Waals surface area contributed by atoms with Crippen molar-refractivity contribution in [1.29, 1.82) is 0 Å². The molecule has 3 atom stereocenters. The summed E-state index contributed by atoms with van der Waals surface area (Å²) in [6, 6.07) is 12.1. The molecule has 10 rings (SSSR count). The molecule has 1 aliphatic carbocycles. The molecule has 4 aliphatic heterocycles. The minimum Gasteiger partial charge on any atom is -0.383 e. The molecular weight excluding hydrogens is 942 g/mol. The molecule has 20 heteroatoms. The maximum atomic E-state index is 13.9. The molecule has 5 N–H and O–H groups in total. The average Bonchev–Trinajstić information content (AvgIpc) is 3.77. The zero-order valence-corrected chi connectivity index (χ0v) is 40.5. The Balaban J connectivity index is 0.756. The van der Waals surface area contributed by atoms with E-state index in [9.17, 15) is 37.1 Å². The second-order valence-corrected chi connectivity index (χ2v) is 20.2. The number of nitrogens with zero attached hydrogens (tertiary/aromatic N) is 8. The summed E-state index contributed by atoms with van der Waals surface area (Å²) in [5.41, 5.74) is 9.82. The SMILES string of the molecule is Nc1ncc2c3c1c(-c1ccc(C(=O)Nc4cc(C(F)(F)F)ccn4)cc1)nn3[C@@H]1CCC[C@H](C1)NC(=O)CN(C(=O)CCC1CCN(Cc3ccc(N4CC(C5CCC(=O)NC5=O)C4)nc3)CC1)CC/C=C/2. The van der Waals surface area contributed by atoms with Crippen LogP contribution in [-0.2, 0) is 31.9 Å². The number of anilines is 3. The number of fused-ring (bicyclic) bond motifs is 3. The normalized spacial score (nSPS) is 22.0. The van der Waals surface area contributed by atoms with Crippen LogP contribution in [0.25, 0.3) is 28.2 Å². The zero-order valence-electron chi connectivity index (χ0n) is 40.5. The van der Waals surface area contributed by atoms with Crippen LogP contribution in [-0.4, -0.2) is 109 Å². The number of aromatic nitrogens is 5. The summed E-state index contributed by atoms with van der Waals surface area (Å²) in [5.74, 6) is 0.271. The van der Waals surface area contributed by atoms with Gasteiger partial charge in [-0.25, -0.2) is 15.0 Å². The molecule has 1 saturated carbocycles. The molecule has 5 aliphatic rings. The zero-order chi connectivity index (χ0) is 50.8. The van der Waals surface area contributed by atoms with Crippen LogP contribution >= 0.6 is 0 Å². The van der Waals surface area contributed by atoms with Gasteiger partial charge in [0.15, 0.2) is 0 Å². The number of alkyl halides is 3. The molecular formula is C53H59F3N12O5. The smallest absolute Gasteiger partial charge is 0.383 e. The molecule has 0 spiro atoms. The second-order valence-electron chi connectivity index (χ2n) is 20.2. The summed E-state index contributed by atoms with van der Waals surface area (Å²) in [7, 11) is 0. The van der Waals surface area contributed by atoms with Gasteiger partial charge in [-0.2, -0.15) is 18.3 Å². The number of nitrogens with two attached hydrogens (primary N) is 1. The standard InChI is InChI=1S/C53H59F3N12O5/c54-53(55,56)38-17-20-58-42(24-38)62-51(72)35-11-9-34(10-12-35)48-47-49-36(27-60-50(47)57)4-1-2-21-66(31-45(70)61-39-5-3-6-40(25-39)68(49)64-48)46(71)16-8-32-18-22-65(23-19-32)28-33-7-14-43(59-26-33)67-29-37(30-67)41-13-15-44(69)63-52(41)73/h1,4,7,9-12,14,17,20,24,26-27,32,37,39-41H,2-3,5-6,8,13,15-16,18-19,21-23,25,28-31H2,(H2,57,60)(H,61,70)(H,58,62,72)(H,63,69,73)/b4-1+/t39-,40-,41?/m1/s1. The molecule has 5 aromatic rings. The summed E-state index contributed by atoms with van der Waals surface area (Å²) in [6.07, 6.45) is 11.6. The number of piperidine rings is 2. The first-order chi connectivity index (χ1) is 35.2. The van der Waals surface area contributed by atoms with Crippen molar-refractivity contribution >= 4 is 64.0 Å². The minimum absolute atomic E-state index is 0.0212. The lowest BCUT2D eigenvalue weighted by Gasteiger charge is -2.44. The van der Waals surface area contributed by atoms with Gasteiger partial charge < -0.3 is 26.2 Å². The third-order valence-corrected chi connectivity index (χ3v) is 15.2. The lowest BCUT2D eigenvalue weighted by atomic mass is 9.80. The molecule has 1 aromatic carbocycles. The molecule has 0 radical (unpaired) electrons. The van der Waals surface area contributed by atoms with Crippen molar-refractivity contribution in [3.63, 3.8) is 0 Å². The Morgan fingerprint density at radius 1 is 0.890 bits per heavy atom. The van der Waals surface area contributed by atoms with Crippen molar-refractivity contribution in [1.82, 2.24) is 45.2 Å². The van der Waals surface area contributed by atoms with Crippen molar-refractivity contribution in [3.05, 3.63) is 95.5 Å². The largest absolute Gasteiger partial charge is 0.416 e. The number of rotatable bonds is 10. The summed E-state index contributed by atoms with van der Waals surface area (Å²) >= 11 is 0. The van der Waals surface area contributed by atoms with E-state index in [0.717, 1.165) is 112 Å². The molecule has 8 heterocycles. The topological polar surface area (TPSA) is 214 Å². The number of nitrogen functional groups attached to an aromatic ring is 1. The van der Waals surface area contributed by atoms with E-state index in [1.54, 1.807) is 35.4 Å². The Hall–Kier alpha value is -7.22. The molecule has 1 unspecified atom stereocenters. The highest BCUT2D eigenvalue weighted by molar-refractivity contribution is 6.06. The van der Waals surface area contributed by atoms with Crippen LogP contribution in [0.2, 0.25) is 0 Å². The number of nitrogens with one attached hydrogen (secondary N) is 3. The lowest BCUT2D eigenvalue weighted by molar-refractivity contribution is -0.139. The van der Waals surface area contributed by atoms with E-state index < -0.39 is 17.6 Å². The summed E-state index contributed by atoms with van der Waals surface area (Å²) in [4.78, 5) is 84.0. The van der Waals surface area contributed by atoms with Crippen LogP contribution in [0.3, 0.4) is 0 Å². The average molecular weight is 1000 g/mol. The number of likely N-dealkylation sites (tertiary alicyclic amines) is 1. The van der Waals surface area contributed by atoms with E-state index in [2.05, 4.69) is 41.8 Å². The first-order valence-corrected chi connectivity index (χ1v) is 25.3. The van der Waals surface area contributed by atoms with E-state index >= 15 is 0 Å². The van der Waals surface area contributed by atoms with Gasteiger partial charge in [-0.05, 0) is 113 Å². The van der Waals surface area contributed by atoms with Crippen LogP contribution < -0.4 is 26.6 Å². The van der Waals surface area contributed by atoms with Crippen LogP contribution in [0.15, 0.2) is 73.2 Å². The number of hydrogen-bond donors (Lipinski definition) is 4. The van der Waals surface area contributed by atoms with Gasteiger partial charge >= 0.3 is 6.18 Å². The fraction of sp³-hybridized carbons (Fsp3) is 0.453. The predicted octanol–water partition coefficient (Wildman–Crippen LogP) is 6.77. The van der Waals surface area contributed by atoms with Crippen molar-refractivity contribution in [2.75, 3.05) is 55.2 Å². The number of pyridine rings is 3. The summed E-state index contributed by atoms with van der Waals surface area (Å²) in [6.45, 7) is 4.49. The van der Waals surface area contributed by atoms with Crippen LogP contribution in [0, 0.1) is 17.8 Å². The van der Waals surface area contributed by atoms with E-state index in [0.29, 0.717) is 61.2 Å². The number of imide groups is 1. The fourth-order valence-corrected chi connectivity index (χ4v) is 11.1. The van der Waals surface area contributed by atoms with Gasteiger partial charge in [0, 0.05) is 92.2 Å². The van der Waals surface area contributed by atoms with Crippen molar-refractivity contribution in [2.45, 2.75) is 95.4 Å². The van der Waals surface area contributed by atoms with Crippen LogP contribution in [0.5, 0.6) is 0 Å². The first kappa shape index (κ1) is 49.4. The number of benzene rings is 1. The Kier molecular flexibility index (Phi) is 14.3. The highest BCUT2D eigenvalue weighted by atomic mass is 19.4. The lowest BCUT2D eigenvalue weighted by Crippen LogP contribution is -2.55. The van der Waals surface area contributed by atoms with E-state index in [4.69, 9.17) is 15.8 Å². The summed E-state index contributed by atoms with van der Waals surface area (Å²) < 4.78 is 41.8. The first-order valence-electron chi connectivity index (χ1n) is 25.3. The third-order valence-electron chi connectivity index (χ3n) is 15.2. The van der Waals surface area contributed by atoms with Gasteiger partial charge in [0.05, 0.1) is 29.1 Å². The molecule has 73 heavy (non-hydrogen) atoms. The highest BCUT2D eigenvalue weighted by Crippen LogP contribution is 2.40. The Morgan fingerprint density at radius 2 is 1.70 bits per heavy atom. The number of carbonyl (C=O) groups is 5. The van der Waals surface area contributed by atoms with Gasteiger partial charge in [-0.1, -0.05) is 30.4 Å². The van der Waals surface area contributed by atoms with Crippen LogP contribution in [0.4, 0.5) is 30.6 Å². The van der Waals surface area contributed by atoms with Gasteiger partial charge in [-0.15, -0.1) is 0 Å². The number of hydrogen-bond acceptors (Lipinski definition) is 12. The molecule has 17 nitrogen and oxygen atoms in total. The van der Waals surface area contributed by atoms with Crippen LogP contribution in [0.1, 0.15) is 104 Å². The molecule has 4 aromatic heterocycles. The van der Waals surface area contributed by atoms with E-state index in [1.165, 1.54) is 0 Å². The summed E-state index contributed by atoms with van der Waals surface area (Å²) in [5, 5.41) is 13.9. The predicted molar refractivity (Wildman–Crippen MR) is 267 cm³/mol. The highest BCUT2D eigenvalue weighted by Gasteiger charge is 2.40. The maximum Gasteiger partial charge on any atom is 0.416 e. The van der Waals surface area contributed by atoms with E-state index in [1.807, 2.05) is 29.1 Å². The fourth-order valence-electron chi connectivity index (χ4n) is 11.1. The van der Waals surface area contributed by atoms with Gasteiger partial charge in [0.25, 0.3) is 5.91 Å². The maximum absolute atomic E-state index is 13.9. The van der Waals surface area contributed by atoms with Crippen molar-refractivity contribution in [2.24, 2.45) is 17.8 Å². The van der Waals surface area contributed by atoms with Gasteiger partial charge in [0.1, 0.15) is 23.1 Å². The van der Waals surface area contributed by atoms with Gasteiger partial charge in [0.2, 0.25) is 23.6 Å². The number of halogens is 3. The quantitative estimate of drug-likeness (QED) is 0.107. The Morgan fingerprint density at radius 3 is 2.45 bits per heavy atom. The molecule has 3 saturated heterocycles. The second kappa shape index (κ2) is 21.1.